The summed E-state index contributed by atoms with van der Waals surface area (Å²) in [5.41, 5.74) is 5.55. The number of piperidine rings is 1. The topological polar surface area (TPSA) is 29.3 Å². The highest BCUT2D eigenvalue weighted by atomic mass is 32.1. The average Bonchev–Trinajstić information content (AvgIpc) is 2.26. The third-order valence-electron chi connectivity index (χ3n) is 4.05. The zero-order valence-corrected chi connectivity index (χ0v) is 10.3. The number of hydrogen-bond acceptors (Lipinski definition) is 2. The predicted octanol–water partition coefficient (Wildman–Crippen LogP) is 2.17. The van der Waals surface area contributed by atoms with E-state index in [1.54, 1.807) is 0 Å². The van der Waals surface area contributed by atoms with E-state index in [0.29, 0.717) is 4.99 Å². The standard InChI is InChI=1S/C12H22N2S/c13-12(15)6-8-14-7-5-10-3-1-2-4-11(10)9-14/h10-11H,1-9H2,(H2,13,15). The lowest BCUT2D eigenvalue weighted by Gasteiger charge is -2.41. The quantitative estimate of drug-likeness (QED) is 0.748. The Labute approximate surface area is 98.2 Å². The molecule has 0 aromatic rings. The molecular formula is C12H22N2S. The van der Waals surface area contributed by atoms with Crippen molar-refractivity contribution in [3.05, 3.63) is 0 Å². The van der Waals surface area contributed by atoms with Crippen LogP contribution in [0.2, 0.25) is 0 Å². The van der Waals surface area contributed by atoms with Gasteiger partial charge in [-0.2, -0.15) is 0 Å². The Balaban J connectivity index is 1.78. The smallest absolute Gasteiger partial charge is 0.0740 e. The molecule has 2 fully saturated rings. The Morgan fingerprint density at radius 3 is 2.67 bits per heavy atom. The second-order valence-electron chi connectivity index (χ2n) is 5.11. The van der Waals surface area contributed by atoms with Crippen LogP contribution in [-0.4, -0.2) is 29.5 Å². The van der Waals surface area contributed by atoms with Gasteiger partial charge in [-0.25, -0.2) is 0 Å². The minimum Gasteiger partial charge on any atom is -0.393 e. The first kappa shape index (κ1) is 11.3. The molecule has 0 spiro atoms. The van der Waals surface area contributed by atoms with Crippen molar-refractivity contribution in [1.82, 2.24) is 4.90 Å². The second kappa shape index (κ2) is 5.26. The van der Waals surface area contributed by atoms with E-state index in [1.165, 1.54) is 45.2 Å². The van der Waals surface area contributed by atoms with Gasteiger partial charge in [-0.15, -0.1) is 0 Å². The second-order valence-corrected chi connectivity index (χ2v) is 5.63. The van der Waals surface area contributed by atoms with Crippen molar-refractivity contribution >= 4 is 17.2 Å². The van der Waals surface area contributed by atoms with Crippen molar-refractivity contribution in [1.29, 1.82) is 0 Å². The number of fused-ring (bicyclic) bond motifs is 1. The highest BCUT2D eigenvalue weighted by Gasteiger charge is 2.30. The summed E-state index contributed by atoms with van der Waals surface area (Å²) in [5, 5.41) is 0. The number of likely N-dealkylation sites (tertiary alicyclic amines) is 1. The van der Waals surface area contributed by atoms with Gasteiger partial charge >= 0.3 is 0 Å². The molecule has 1 saturated carbocycles. The van der Waals surface area contributed by atoms with Gasteiger partial charge in [0.25, 0.3) is 0 Å². The summed E-state index contributed by atoms with van der Waals surface area (Å²) in [4.78, 5) is 3.23. The molecule has 15 heavy (non-hydrogen) atoms. The van der Waals surface area contributed by atoms with Crippen molar-refractivity contribution in [2.45, 2.75) is 38.5 Å². The molecule has 2 N–H and O–H groups in total. The molecule has 0 radical (unpaired) electrons. The highest BCUT2D eigenvalue weighted by Crippen LogP contribution is 2.35. The van der Waals surface area contributed by atoms with E-state index in [4.69, 9.17) is 18.0 Å². The third kappa shape index (κ3) is 3.15. The molecule has 0 bridgehead atoms. The van der Waals surface area contributed by atoms with E-state index in [0.717, 1.165) is 24.8 Å². The van der Waals surface area contributed by atoms with E-state index in [9.17, 15) is 0 Å². The SMILES string of the molecule is NC(=S)CCN1CCC2CCCCC2C1. The number of nitrogens with zero attached hydrogens (tertiary/aromatic N) is 1. The highest BCUT2D eigenvalue weighted by molar-refractivity contribution is 7.80. The summed E-state index contributed by atoms with van der Waals surface area (Å²) in [6.07, 6.45) is 8.15. The summed E-state index contributed by atoms with van der Waals surface area (Å²) in [5.74, 6) is 2.00. The zero-order valence-electron chi connectivity index (χ0n) is 9.45. The van der Waals surface area contributed by atoms with E-state index in [1.807, 2.05) is 0 Å². The van der Waals surface area contributed by atoms with Gasteiger partial charge in [0.15, 0.2) is 0 Å². The summed E-state index contributed by atoms with van der Waals surface area (Å²) < 4.78 is 0. The van der Waals surface area contributed by atoms with Crippen molar-refractivity contribution in [3.8, 4) is 0 Å². The van der Waals surface area contributed by atoms with E-state index in [2.05, 4.69) is 4.90 Å². The number of thiocarbonyl (C=S) groups is 1. The first-order valence-electron chi connectivity index (χ1n) is 6.26. The summed E-state index contributed by atoms with van der Waals surface area (Å²) >= 11 is 4.93. The van der Waals surface area contributed by atoms with Gasteiger partial charge in [-0.05, 0) is 31.2 Å². The largest absolute Gasteiger partial charge is 0.393 e. The summed E-state index contributed by atoms with van der Waals surface area (Å²) in [7, 11) is 0. The molecule has 1 heterocycles. The molecule has 2 rings (SSSR count). The maximum atomic E-state index is 5.55. The Bertz CT molecular complexity index is 230. The van der Waals surface area contributed by atoms with Crippen LogP contribution in [0.1, 0.15) is 38.5 Å². The third-order valence-corrected chi connectivity index (χ3v) is 4.25. The molecule has 0 aromatic heterocycles. The molecule has 1 aliphatic carbocycles. The van der Waals surface area contributed by atoms with Gasteiger partial charge in [0.05, 0.1) is 4.99 Å². The van der Waals surface area contributed by atoms with Crippen molar-refractivity contribution in [3.63, 3.8) is 0 Å². The van der Waals surface area contributed by atoms with Crippen molar-refractivity contribution in [2.75, 3.05) is 19.6 Å². The molecule has 2 unspecified atom stereocenters. The summed E-state index contributed by atoms with van der Waals surface area (Å²) in [6, 6.07) is 0. The Hall–Kier alpha value is -0.150. The minimum atomic E-state index is 0.667. The van der Waals surface area contributed by atoms with Crippen LogP contribution in [0.15, 0.2) is 0 Å². The normalized spacial score (nSPS) is 32.3. The van der Waals surface area contributed by atoms with Crippen LogP contribution < -0.4 is 5.73 Å². The van der Waals surface area contributed by atoms with Gasteiger partial charge in [-0.3, -0.25) is 0 Å². The monoisotopic (exact) mass is 226 g/mol. The van der Waals surface area contributed by atoms with Crippen LogP contribution in [-0.2, 0) is 0 Å². The molecule has 0 aromatic carbocycles. The van der Waals surface area contributed by atoms with Crippen LogP contribution in [0.5, 0.6) is 0 Å². The lowest BCUT2D eigenvalue weighted by atomic mass is 9.75. The molecule has 2 aliphatic rings. The fourth-order valence-electron chi connectivity index (χ4n) is 3.15. The van der Waals surface area contributed by atoms with E-state index in [-0.39, 0.29) is 0 Å². The Morgan fingerprint density at radius 1 is 1.20 bits per heavy atom. The van der Waals surface area contributed by atoms with Gasteiger partial charge in [0, 0.05) is 19.5 Å². The number of rotatable bonds is 3. The molecule has 1 saturated heterocycles. The van der Waals surface area contributed by atoms with Crippen molar-refractivity contribution in [2.24, 2.45) is 17.6 Å². The van der Waals surface area contributed by atoms with Gasteiger partial charge in [0.2, 0.25) is 0 Å². The van der Waals surface area contributed by atoms with E-state index >= 15 is 0 Å². The van der Waals surface area contributed by atoms with Crippen LogP contribution in [0, 0.1) is 11.8 Å². The molecule has 86 valence electrons. The maximum Gasteiger partial charge on any atom is 0.0740 e. The van der Waals surface area contributed by atoms with Crippen molar-refractivity contribution < 1.29 is 0 Å². The lowest BCUT2D eigenvalue weighted by molar-refractivity contribution is 0.0890. The number of nitrogens with two attached hydrogens (primary N) is 1. The maximum absolute atomic E-state index is 5.55. The van der Waals surface area contributed by atoms with Gasteiger partial charge in [-0.1, -0.05) is 31.5 Å². The molecule has 2 atom stereocenters. The summed E-state index contributed by atoms with van der Waals surface area (Å²) in [6.45, 7) is 3.65. The molecular weight excluding hydrogens is 204 g/mol. The fraction of sp³-hybridized carbons (Fsp3) is 0.917. The first-order chi connectivity index (χ1) is 7.25. The van der Waals surface area contributed by atoms with Crippen LogP contribution in [0.4, 0.5) is 0 Å². The lowest BCUT2D eigenvalue weighted by Crippen LogP contribution is -2.42. The zero-order chi connectivity index (χ0) is 10.7. The molecule has 1 aliphatic heterocycles. The Morgan fingerprint density at radius 2 is 1.93 bits per heavy atom. The minimum absolute atomic E-state index is 0.667. The first-order valence-corrected chi connectivity index (χ1v) is 6.67. The van der Waals surface area contributed by atoms with Crippen LogP contribution in [0.25, 0.3) is 0 Å². The van der Waals surface area contributed by atoms with E-state index < -0.39 is 0 Å². The Kier molecular flexibility index (Phi) is 3.98. The molecule has 0 amide bonds. The predicted molar refractivity (Wildman–Crippen MR) is 67.9 cm³/mol. The van der Waals surface area contributed by atoms with Crippen LogP contribution in [0.3, 0.4) is 0 Å². The number of hydrogen-bond donors (Lipinski definition) is 1. The average molecular weight is 226 g/mol. The molecule has 2 nitrogen and oxygen atoms in total. The van der Waals surface area contributed by atoms with Gasteiger partial charge < -0.3 is 10.6 Å². The molecule has 3 heteroatoms. The van der Waals surface area contributed by atoms with Crippen LogP contribution >= 0.6 is 12.2 Å². The fourth-order valence-corrected chi connectivity index (χ4v) is 3.24. The van der Waals surface area contributed by atoms with Gasteiger partial charge in [0.1, 0.15) is 0 Å².